The first-order valence-electron chi connectivity index (χ1n) is 9.99. The lowest BCUT2D eigenvalue weighted by atomic mass is 10.0. The number of rotatable bonds is 6. The van der Waals surface area contributed by atoms with Gasteiger partial charge in [-0.2, -0.15) is 0 Å². The maximum Gasteiger partial charge on any atom is 0.262 e. The molecule has 0 spiro atoms. The molecule has 29 heavy (non-hydrogen) atoms. The number of hydrogen-bond donors (Lipinski definition) is 3. The van der Waals surface area contributed by atoms with Crippen molar-refractivity contribution in [2.24, 2.45) is 5.92 Å². The fraction of sp³-hybridized carbons (Fsp3) is 0.429. The van der Waals surface area contributed by atoms with Crippen molar-refractivity contribution in [3.8, 4) is 0 Å². The van der Waals surface area contributed by atoms with Crippen molar-refractivity contribution < 1.29 is 5.11 Å². The number of anilines is 3. The van der Waals surface area contributed by atoms with Crippen LogP contribution in [0.5, 0.6) is 0 Å². The van der Waals surface area contributed by atoms with Crippen molar-refractivity contribution in [3.63, 3.8) is 0 Å². The molecule has 0 amide bonds. The molecule has 1 saturated carbocycles. The SMILES string of the molecule is CCn1ccc2cc(Nc3cnccn3)nc(NC[C@H]3CC[C@@](C)(O)C3)c2c1=O. The summed E-state index contributed by atoms with van der Waals surface area (Å²) >= 11 is 0. The highest BCUT2D eigenvalue weighted by Gasteiger charge is 2.32. The van der Waals surface area contributed by atoms with Crippen molar-refractivity contribution in [3.05, 3.63) is 47.3 Å². The van der Waals surface area contributed by atoms with Crippen LogP contribution in [0.3, 0.4) is 0 Å². The molecule has 3 aromatic rings. The third kappa shape index (κ3) is 4.22. The summed E-state index contributed by atoms with van der Waals surface area (Å²) in [4.78, 5) is 25.9. The third-order valence-electron chi connectivity index (χ3n) is 5.50. The van der Waals surface area contributed by atoms with Gasteiger partial charge in [0.2, 0.25) is 0 Å². The molecular weight excluding hydrogens is 368 g/mol. The van der Waals surface area contributed by atoms with Crippen LogP contribution in [-0.2, 0) is 6.54 Å². The monoisotopic (exact) mass is 394 g/mol. The summed E-state index contributed by atoms with van der Waals surface area (Å²) in [5.41, 5.74) is -0.670. The van der Waals surface area contributed by atoms with Gasteiger partial charge in [-0.3, -0.25) is 9.78 Å². The molecule has 8 nitrogen and oxygen atoms in total. The summed E-state index contributed by atoms with van der Waals surface area (Å²) in [5.74, 6) is 2.07. The molecule has 0 bridgehead atoms. The summed E-state index contributed by atoms with van der Waals surface area (Å²) in [5, 5.41) is 18.1. The van der Waals surface area contributed by atoms with Gasteiger partial charge in [-0.1, -0.05) is 0 Å². The minimum Gasteiger partial charge on any atom is -0.390 e. The topological polar surface area (TPSA) is 105 Å². The quantitative estimate of drug-likeness (QED) is 0.590. The first-order valence-corrected chi connectivity index (χ1v) is 9.99. The van der Waals surface area contributed by atoms with Crippen molar-refractivity contribution >= 4 is 28.2 Å². The second-order valence-electron chi connectivity index (χ2n) is 7.93. The fourth-order valence-electron chi connectivity index (χ4n) is 3.99. The summed E-state index contributed by atoms with van der Waals surface area (Å²) in [6.07, 6.45) is 9.13. The highest BCUT2D eigenvalue weighted by molar-refractivity contribution is 5.93. The molecule has 3 aromatic heterocycles. The Morgan fingerprint density at radius 1 is 1.34 bits per heavy atom. The van der Waals surface area contributed by atoms with Crippen molar-refractivity contribution in [1.82, 2.24) is 19.5 Å². The van der Waals surface area contributed by atoms with Gasteiger partial charge in [-0.15, -0.1) is 0 Å². The summed E-state index contributed by atoms with van der Waals surface area (Å²) < 4.78 is 1.67. The van der Waals surface area contributed by atoms with Crippen molar-refractivity contribution in [1.29, 1.82) is 0 Å². The summed E-state index contributed by atoms with van der Waals surface area (Å²) in [7, 11) is 0. The molecular formula is C21H26N6O2. The van der Waals surface area contributed by atoms with E-state index in [0.717, 1.165) is 24.6 Å². The van der Waals surface area contributed by atoms with Crippen LogP contribution in [0.2, 0.25) is 0 Å². The number of nitrogens with zero attached hydrogens (tertiary/aromatic N) is 4. The highest BCUT2D eigenvalue weighted by Crippen LogP contribution is 2.34. The standard InChI is InChI=1S/C21H26N6O2/c1-3-27-9-5-15-10-16(25-17-13-22-7-8-23-17)26-19(18(15)20(27)28)24-12-14-4-6-21(2,29)11-14/h5,7-10,13-14,29H,3-4,6,11-12H2,1-2H3,(H2,23,24,25,26)/t14-,21+/m0/s1. The Hall–Kier alpha value is -3.00. The largest absolute Gasteiger partial charge is 0.390 e. The van der Waals surface area contributed by atoms with Crippen LogP contribution in [0.25, 0.3) is 10.8 Å². The van der Waals surface area contributed by atoms with Gasteiger partial charge in [0.05, 0.1) is 17.2 Å². The van der Waals surface area contributed by atoms with E-state index in [2.05, 4.69) is 25.6 Å². The van der Waals surface area contributed by atoms with E-state index in [9.17, 15) is 9.90 Å². The number of nitrogens with one attached hydrogen (secondary N) is 2. The second kappa shape index (κ2) is 7.79. The first-order chi connectivity index (χ1) is 13.9. The molecule has 0 saturated heterocycles. The Morgan fingerprint density at radius 2 is 2.21 bits per heavy atom. The van der Waals surface area contributed by atoms with Gasteiger partial charge in [-0.05, 0) is 56.5 Å². The van der Waals surface area contributed by atoms with Gasteiger partial charge in [0.1, 0.15) is 17.5 Å². The molecule has 0 aliphatic heterocycles. The molecule has 0 radical (unpaired) electrons. The van der Waals surface area contributed by atoms with Crippen LogP contribution >= 0.6 is 0 Å². The molecule has 8 heteroatoms. The predicted molar refractivity (Wildman–Crippen MR) is 113 cm³/mol. The highest BCUT2D eigenvalue weighted by atomic mass is 16.3. The molecule has 4 rings (SSSR count). The van der Waals surface area contributed by atoms with E-state index >= 15 is 0 Å². The molecule has 0 unspecified atom stereocenters. The minimum atomic E-state index is -0.605. The van der Waals surface area contributed by atoms with Gasteiger partial charge in [0.15, 0.2) is 0 Å². The average molecular weight is 394 g/mol. The lowest BCUT2D eigenvalue weighted by molar-refractivity contribution is 0.0641. The first kappa shape index (κ1) is 19.3. The van der Waals surface area contributed by atoms with Crippen LogP contribution in [0.1, 0.15) is 33.1 Å². The molecule has 2 atom stereocenters. The van der Waals surface area contributed by atoms with E-state index in [-0.39, 0.29) is 5.56 Å². The molecule has 152 valence electrons. The van der Waals surface area contributed by atoms with Gasteiger partial charge in [0.25, 0.3) is 5.56 Å². The lowest BCUT2D eigenvalue weighted by Crippen LogP contribution is -2.23. The zero-order valence-electron chi connectivity index (χ0n) is 16.7. The van der Waals surface area contributed by atoms with Gasteiger partial charge < -0.3 is 20.3 Å². The summed E-state index contributed by atoms with van der Waals surface area (Å²) in [6, 6.07) is 3.77. The smallest absolute Gasteiger partial charge is 0.262 e. The zero-order valence-corrected chi connectivity index (χ0v) is 16.7. The van der Waals surface area contributed by atoms with Crippen molar-refractivity contribution in [2.45, 2.75) is 45.3 Å². The Labute approximate surface area is 169 Å². The molecule has 0 aromatic carbocycles. The number of fused-ring (bicyclic) bond motifs is 1. The van der Waals surface area contributed by atoms with Gasteiger partial charge in [-0.25, -0.2) is 9.97 Å². The van der Waals surface area contributed by atoms with E-state index < -0.39 is 5.60 Å². The Kier molecular flexibility index (Phi) is 5.19. The summed E-state index contributed by atoms with van der Waals surface area (Å²) in [6.45, 7) is 5.08. The van der Waals surface area contributed by atoms with E-state index in [4.69, 9.17) is 0 Å². The van der Waals surface area contributed by atoms with Gasteiger partial charge >= 0.3 is 0 Å². The Morgan fingerprint density at radius 3 is 2.90 bits per heavy atom. The molecule has 3 heterocycles. The Balaban J connectivity index is 1.69. The molecule has 3 N–H and O–H groups in total. The number of hydrogen-bond acceptors (Lipinski definition) is 7. The zero-order chi connectivity index (χ0) is 20.4. The number of pyridine rings is 2. The molecule has 1 fully saturated rings. The number of aliphatic hydroxyl groups is 1. The normalized spacial score (nSPS) is 21.4. The van der Waals surface area contributed by atoms with Crippen LogP contribution in [0, 0.1) is 5.92 Å². The van der Waals surface area contributed by atoms with Crippen LogP contribution in [0.15, 0.2) is 41.7 Å². The van der Waals surface area contributed by atoms with Gasteiger partial charge in [0, 0.05) is 31.7 Å². The maximum absolute atomic E-state index is 12.9. The maximum atomic E-state index is 12.9. The lowest BCUT2D eigenvalue weighted by Gasteiger charge is -2.18. The second-order valence-corrected chi connectivity index (χ2v) is 7.93. The number of aryl methyl sites for hydroxylation is 1. The predicted octanol–water partition coefficient (Wildman–Crippen LogP) is 2.91. The minimum absolute atomic E-state index is 0.0653. The van der Waals surface area contributed by atoms with E-state index in [1.165, 1.54) is 0 Å². The number of aromatic nitrogens is 4. The van der Waals surface area contributed by atoms with E-state index in [1.54, 1.807) is 29.4 Å². The molecule has 1 aliphatic carbocycles. The third-order valence-corrected chi connectivity index (χ3v) is 5.50. The average Bonchev–Trinajstić information content (AvgIpc) is 3.06. The van der Waals surface area contributed by atoms with Crippen molar-refractivity contribution in [2.75, 3.05) is 17.2 Å². The van der Waals surface area contributed by atoms with Crippen LogP contribution < -0.4 is 16.2 Å². The van der Waals surface area contributed by atoms with E-state index in [0.29, 0.717) is 41.8 Å². The fourth-order valence-corrected chi connectivity index (χ4v) is 3.99. The van der Waals surface area contributed by atoms with Crippen LogP contribution in [0.4, 0.5) is 17.5 Å². The van der Waals surface area contributed by atoms with E-state index in [1.807, 2.05) is 26.0 Å². The Bertz CT molecular complexity index is 1060. The van der Waals surface area contributed by atoms with Crippen LogP contribution in [-0.4, -0.2) is 36.8 Å². The molecule has 1 aliphatic rings.